The van der Waals surface area contributed by atoms with Crippen molar-refractivity contribution in [3.05, 3.63) is 0 Å². The van der Waals surface area contributed by atoms with Crippen molar-refractivity contribution in [2.24, 2.45) is 0 Å². The molecule has 1 rings (SSSR count). The normalized spacial score (nSPS) is 30.5. The Morgan fingerprint density at radius 2 is 2.38 bits per heavy atom. The largest absolute Gasteiger partial charge is 0.286 e. The van der Waals surface area contributed by atoms with Gasteiger partial charge in [-0.1, -0.05) is 11.8 Å². The van der Waals surface area contributed by atoms with Gasteiger partial charge < -0.3 is 0 Å². The molecule has 0 radical (unpaired) electrons. The van der Waals surface area contributed by atoms with Gasteiger partial charge in [0.2, 0.25) is 5.12 Å². The van der Waals surface area contributed by atoms with Crippen LogP contribution in [0.15, 0.2) is 0 Å². The molecule has 0 spiro atoms. The summed E-state index contributed by atoms with van der Waals surface area (Å²) >= 11 is 1.29. The average molecular weight is 150 g/mol. The van der Waals surface area contributed by atoms with Crippen molar-refractivity contribution in [2.75, 3.05) is 17.3 Å². The standard InChI is InChI=1S/C4H6O2S2/c5-4-3-8(6)2-1-7-4/h1-3H2. The highest BCUT2D eigenvalue weighted by Gasteiger charge is 2.14. The molecule has 1 atom stereocenters. The molecule has 0 amide bonds. The molecule has 1 aliphatic heterocycles. The van der Waals surface area contributed by atoms with Crippen LogP contribution in [0.3, 0.4) is 0 Å². The molecule has 0 bridgehead atoms. The van der Waals surface area contributed by atoms with Gasteiger partial charge in [-0.3, -0.25) is 9.00 Å². The first-order chi connectivity index (χ1) is 3.79. The average Bonchev–Trinajstić information content (AvgIpc) is 1.64. The lowest BCUT2D eigenvalue weighted by atomic mass is 10.9. The van der Waals surface area contributed by atoms with E-state index >= 15 is 0 Å². The quantitative estimate of drug-likeness (QED) is 0.488. The first kappa shape index (κ1) is 6.29. The molecule has 1 fully saturated rings. The predicted octanol–water partition coefficient (Wildman–Crippen LogP) is 0.00850. The van der Waals surface area contributed by atoms with Crippen molar-refractivity contribution >= 4 is 27.7 Å². The Morgan fingerprint density at radius 1 is 1.62 bits per heavy atom. The van der Waals surface area contributed by atoms with Gasteiger partial charge in [0.1, 0.15) is 0 Å². The summed E-state index contributed by atoms with van der Waals surface area (Å²) in [6, 6.07) is 0. The zero-order valence-electron chi connectivity index (χ0n) is 4.25. The number of carbonyl (C=O) groups excluding carboxylic acids is 1. The van der Waals surface area contributed by atoms with Gasteiger partial charge in [-0.05, 0) is 0 Å². The Labute approximate surface area is 54.5 Å². The van der Waals surface area contributed by atoms with E-state index in [9.17, 15) is 9.00 Å². The molecule has 0 saturated carbocycles. The fourth-order valence-corrected chi connectivity index (χ4v) is 2.93. The maximum absolute atomic E-state index is 10.6. The molecule has 1 unspecified atom stereocenters. The summed E-state index contributed by atoms with van der Waals surface area (Å²) < 4.78 is 10.6. The van der Waals surface area contributed by atoms with Crippen LogP contribution in [0.1, 0.15) is 0 Å². The molecule has 1 heterocycles. The smallest absolute Gasteiger partial charge is 0.201 e. The van der Waals surface area contributed by atoms with E-state index in [-0.39, 0.29) is 10.9 Å². The topological polar surface area (TPSA) is 34.1 Å². The molecule has 0 aliphatic carbocycles. The summed E-state index contributed by atoms with van der Waals surface area (Å²) in [6.45, 7) is 0. The predicted molar refractivity (Wildman–Crippen MR) is 35.3 cm³/mol. The van der Waals surface area contributed by atoms with E-state index in [4.69, 9.17) is 0 Å². The minimum atomic E-state index is -0.841. The highest BCUT2D eigenvalue weighted by Crippen LogP contribution is 2.09. The summed E-state index contributed by atoms with van der Waals surface area (Å²) in [7, 11) is -0.841. The van der Waals surface area contributed by atoms with Crippen molar-refractivity contribution in [1.29, 1.82) is 0 Å². The van der Waals surface area contributed by atoms with Crippen molar-refractivity contribution in [3.63, 3.8) is 0 Å². The van der Waals surface area contributed by atoms with Crippen molar-refractivity contribution in [2.45, 2.75) is 0 Å². The van der Waals surface area contributed by atoms with Gasteiger partial charge in [-0.25, -0.2) is 0 Å². The van der Waals surface area contributed by atoms with Crippen molar-refractivity contribution < 1.29 is 9.00 Å². The lowest BCUT2D eigenvalue weighted by molar-refractivity contribution is -0.108. The van der Waals surface area contributed by atoms with Gasteiger partial charge in [0.05, 0.1) is 5.75 Å². The van der Waals surface area contributed by atoms with Crippen LogP contribution < -0.4 is 0 Å². The van der Waals surface area contributed by atoms with Crippen LogP contribution in [-0.4, -0.2) is 26.6 Å². The Morgan fingerprint density at radius 3 is 2.75 bits per heavy atom. The van der Waals surface area contributed by atoms with Gasteiger partial charge in [-0.15, -0.1) is 0 Å². The maximum Gasteiger partial charge on any atom is 0.201 e. The van der Waals surface area contributed by atoms with Gasteiger partial charge >= 0.3 is 0 Å². The van der Waals surface area contributed by atoms with Crippen LogP contribution in [-0.2, 0) is 15.6 Å². The zero-order valence-corrected chi connectivity index (χ0v) is 5.89. The van der Waals surface area contributed by atoms with E-state index in [1.165, 1.54) is 11.8 Å². The first-order valence-electron chi connectivity index (χ1n) is 2.29. The van der Waals surface area contributed by atoms with E-state index in [1.807, 2.05) is 0 Å². The fraction of sp³-hybridized carbons (Fsp3) is 0.750. The highest BCUT2D eigenvalue weighted by molar-refractivity contribution is 8.16. The number of hydrogen-bond donors (Lipinski definition) is 0. The van der Waals surface area contributed by atoms with Crippen molar-refractivity contribution in [3.8, 4) is 0 Å². The Balaban J connectivity index is 2.45. The summed E-state index contributed by atoms with van der Waals surface area (Å²) in [4.78, 5) is 10.4. The molecule has 8 heavy (non-hydrogen) atoms. The molecule has 0 aromatic rings. The summed E-state index contributed by atoms with van der Waals surface area (Å²) in [5, 5.41) is 0.0783. The molecule has 46 valence electrons. The van der Waals surface area contributed by atoms with Gasteiger partial charge in [0, 0.05) is 22.3 Å². The fourth-order valence-electron chi connectivity index (χ4n) is 0.494. The molecule has 1 saturated heterocycles. The van der Waals surface area contributed by atoms with E-state index in [0.717, 1.165) is 5.75 Å². The maximum atomic E-state index is 10.6. The van der Waals surface area contributed by atoms with Crippen LogP contribution in [0.2, 0.25) is 0 Å². The number of hydrogen-bond acceptors (Lipinski definition) is 3. The summed E-state index contributed by atoms with van der Waals surface area (Å²) in [5.74, 6) is 1.70. The van der Waals surface area contributed by atoms with E-state index in [0.29, 0.717) is 5.75 Å². The van der Waals surface area contributed by atoms with E-state index in [2.05, 4.69) is 0 Å². The third-order valence-electron chi connectivity index (χ3n) is 0.853. The van der Waals surface area contributed by atoms with E-state index in [1.54, 1.807) is 0 Å². The SMILES string of the molecule is O=C1CS(=O)CCS1. The Bertz CT molecular complexity index is 118. The molecule has 4 heteroatoms. The molecular formula is C4H6O2S2. The third-order valence-corrected chi connectivity index (χ3v) is 3.41. The van der Waals surface area contributed by atoms with Crippen LogP contribution in [0.4, 0.5) is 0 Å². The summed E-state index contributed by atoms with van der Waals surface area (Å²) in [5.41, 5.74) is 0. The molecule has 1 aliphatic rings. The van der Waals surface area contributed by atoms with E-state index < -0.39 is 10.8 Å². The van der Waals surface area contributed by atoms with Gasteiger partial charge in [0.25, 0.3) is 0 Å². The second kappa shape index (κ2) is 2.64. The third kappa shape index (κ3) is 1.59. The van der Waals surface area contributed by atoms with Crippen LogP contribution in [0.5, 0.6) is 0 Å². The number of rotatable bonds is 0. The zero-order chi connectivity index (χ0) is 5.98. The van der Waals surface area contributed by atoms with Gasteiger partial charge in [0.15, 0.2) is 0 Å². The first-order valence-corrected chi connectivity index (χ1v) is 4.77. The Kier molecular flexibility index (Phi) is 2.08. The Hall–Kier alpha value is 0.170. The number of thioether (sulfide) groups is 1. The molecule has 0 aromatic heterocycles. The molecule has 0 N–H and O–H groups in total. The van der Waals surface area contributed by atoms with Crippen LogP contribution >= 0.6 is 11.8 Å². The van der Waals surface area contributed by atoms with Crippen LogP contribution in [0, 0.1) is 0 Å². The van der Waals surface area contributed by atoms with Crippen molar-refractivity contribution in [1.82, 2.24) is 0 Å². The second-order valence-electron chi connectivity index (χ2n) is 1.51. The van der Waals surface area contributed by atoms with Crippen LogP contribution in [0.25, 0.3) is 0 Å². The lowest BCUT2D eigenvalue weighted by Crippen LogP contribution is -2.18. The van der Waals surface area contributed by atoms with Gasteiger partial charge in [-0.2, -0.15) is 0 Å². The minimum absolute atomic E-state index is 0.0783. The second-order valence-corrected chi connectivity index (χ2v) is 4.24. The number of carbonyl (C=O) groups is 1. The highest BCUT2D eigenvalue weighted by atomic mass is 32.2. The molecule has 2 nitrogen and oxygen atoms in total. The monoisotopic (exact) mass is 150 g/mol. The molecular weight excluding hydrogens is 144 g/mol. The lowest BCUT2D eigenvalue weighted by Gasteiger charge is -2.05. The molecule has 0 aromatic carbocycles. The minimum Gasteiger partial charge on any atom is -0.286 e. The summed E-state index contributed by atoms with van der Waals surface area (Å²) in [6.07, 6.45) is 0.